The molecule has 1 aliphatic rings. The summed E-state index contributed by atoms with van der Waals surface area (Å²) < 4.78 is 30.9. The van der Waals surface area contributed by atoms with E-state index in [1.807, 2.05) is 0 Å². The van der Waals surface area contributed by atoms with Crippen molar-refractivity contribution in [1.82, 2.24) is 9.13 Å². The molecule has 5 atom stereocenters. The maximum atomic E-state index is 13.6. The van der Waals surface area contributed by atoms with Crippen LogP contribution in [0.3, 0.4) is 0 Å². The molecule has 2 heterocycles. The Hall–Kier alpha value is -4.36. The molecule has 0 aliphatic carbocycles. The zero-order chi connectivity index (χ0) is 29.8. The summed E-state index contributed by atoms with van der Waals surface area (Å²) in [5.74, 6) is -2.91. The van der Waals surface area contributed by atoms with Crippen molar-refractivity contribution in [2.24, 2.45) is 0 Å². The summed E-state index contributed by atoms with van der Waals surface area (Å²) in [7, 11) is 0. The fraction of sp³-hybridized carbons (Fsp3) is 0.357. The number of hydrogen-bond acceptors (Lipinski definition) is 11. The molecule has 12 nitrogen and oxygen atoms in total. The molecule has 0 saturated carbocycles. The lowest BCUT2D eigenvalue weighted by molar-refractivity contribution is -0.268. The van der Waals surface area contributed by atoms with Crippen LogP contribution in [-0.2, 0) is 42.9 Å². The van der Waals surface area contributed by atoms with Crippen LogP contribution < -0.4 is 5.56 Å². The van der Waals surface area contributed by atoms with Crippen molar-refractivity contribution in [1.29, 1.82) is 0 Å². The normalized spacial score (nSPS) is 22.0. The molecule has 216 valence electrons. The highest BCUT2D eigenvalue weighted by Crippen LogP contribution is 2.36. The molecule has 4 rings (SSSR count). The fourth-order valence-electron chi connectivity index (χ4n) is 4.75. The number of rotatable bonds is 7. The second-order valence-electron chi connectivity index (χ2n) is 9.24. The first-order valence-corrected chi connectivity index (χ1v) is 13.0. The minimum atomic E-state index is -1.41. The Balaban J connectivity index is 2.02. The number of benzene rings is 2. The molecular weight excluding hydrogens is 556 g/mol. The lowest BCUT2D eigenvalue weighted by Gasteiger charge is -2.45. The van der Waals surface area contributed by atoms with Crippen molar-refractivity contribution >= 4 is 47.0 Å². The van der Waals surface area contributed by atoms with Crippen molar-refractivity contribution in [3.8, 4) is 5.69 Å². The van der Waals surface area contributed by atoms with Crippen LogP contribution in [0.1, 0.15) is 33.9 Å². The van der Waals surface area contributed by atoms with Gasteiger partial charge in [-0.15, -0.1) is 0 Å². The fourth-order valence-corrected chi connectivity index (χ4v) is 5.14. The number of carbonyl (C=O) groups excluding carboxylic acids is 4. The minimum Gasteiger partial charge on any atom is -0.463 e. The van der Waals surface area contributed by atoms with E-state index in [1.54, 1.807) is 54.6 Å². The number of aromatic nitrogens is 2. The van der Waals surface area contributed by atoms with Gasteiger partial charge in [-0.1, -0.05) is 30.3 Å². The highest BCUT2D eigenvalue weighted by Gasteiger charge is 2.53. The molecule has 0 amide bonds. The number of para-hydroxylation sites is 2. The average Bonchev–Trinajstić information content (AvgIpc) is 2.90. The Labute approximate surface area is 239 Å². The van der Waals surface area contributed by atoms with E-state index in [1.165, 1.54) is 16.1 Å². The van der Waals surface area contributed by atoms with Crippen LogP contribution in [-0.4, -0.2) is 64.0 Å². The molecule has 0 bridgehead atoms. The van der Waals surface area contributed by atoms with Gasteiger partial charge in [0.05, 0.1) is 16.6 Å². The highest BCUT2D eigenvalue weighted by atomic mass is 32.1. The zero-order valence-electron chi connectivity index (χ0n) is 22.7. The first-order valence-electron chi connectivity index (χ1n) is 12.6. The second kappa shape index (κ2) is 12.4. The zero-order valence-corrected chi connectivity index (χ0v) is 23.5. The van der Waals surface area contributed by atoms with E-state index in [-0.39, 0.29) is 10.2 Å². The van der Waals surface area contributed by atoms with E-state index in [9.17, 15) is 24.0 Å². The topological polar surface area (TPSA) is 141 Å². The first kappa shape index (κ1) is 29.6. The number of hydrogen-bond donors (Lipinski definition) is 0. The molecule has 0 N–H and O–H groups in total. The lowest BCUT2D eigenvalue weighted by Crippen LogP contribution is -2.60. The van der Waals surface area contributed by atoms with Crippen molar-refractivity contribution in [2.45, 2.75) is 58.3 Å². The number of fused-ring (bicyclic) bond motifs is 1. The molecule has 0 unspecified atom stereocenters. The monoisotopic (exact) mass is 584 g/mol. The summed E-state index contributed by atoms with van der Waals surface area (Å²) in [4.78, 5) is 62.0. The average molecular weight is 585 g/mol. The Morgan fingerprint density at radius 2 is 1.34 bits per heavy atom. The van der Waals surface area contributed by atoms with E-state index in [0.717, 1.165) is 20.8 Å². The van der Waals surface area contributed by atoms with Gasteiger partial charge in [-0.2, -0.15) is 0 Å². The summed E-state index contributed by atoms with van der Waals surface area (Å²) in [5, 5.41) is 0.262. The number of nitrogens with zero attached hydrogens (tertiary/aromatic N) is 2. The second-order valence-corrected chi connectivity index (χ2v) is 9.60. The van der Waals surface area contributed by atoms with Crippen LogP contribution >= 0.6 is 12.2 Å². The van der Waals surface area contributed by atoms with Gasteiger partial charge in [0.15, 0.2) is 29.3 Å². The van der Waals surface area contributed by atoms with Crippen LogP contribution in [0.5, 0.6) is 0 Å². The summed E-state index contributed by atoms with van der Waals surface area (Å²) in [6, 6.07) is 15.3. The molecular formula is C28H28N2O10S. The van der Waals surface area contributed by atoms with Crippen LogP contribution in [0.4, 0.5) is 0 Å². The van der Waals surface area contributed by atoms with Gasteiger partial charge in [-0.25, -0.2) is 0 Å². The Kier molecular flexibility index (Phi) is 8.98. The van der Waals surface area contributed by atoms with Crippen molar-refractivity contribution in [3.63, 3.8) is 0 Å². The highest BCUT2D eigenvalue weighted by molar-refractivity contribution is 7.71. The number of ether oxygens (including phenoxy) is 5. The summed E-state index contributed by atoms with van der Waals surface area (Å²) >= 11 is 5.83. The van der Waals surface area contributed by atoms with Crippen LogP contribution in [0.25, 0.3) is 16.6 Å². The summed E-state index contributed by atoms with van der Waals surface area (Å²) in [6.45, 7) is 4.21. The van der Waals surface area contributed by atoms with Crippen molar-refractivity contribution in [2.75, 3.05) is 6.61 Å². The van der Waals surface area contributed by atoms with Gasteiger partial charge < -0.3 is 23.7 Å². The van der Waals surface area contributed by atoms with Gasteiger partial charge in [-0.05, 0) is 36.5 Å². The predicted octanol–water partition coefficient (Wildman–Crippen LogP) is 2.78. The van der Waals surface area contributed by atoms with E-state index in [2.05, 4.69) is 0 Å². The van der Waals surface area contributed by atoms with E-state index in [4.69, 9.17) is 35.9 Å². The van der Waals surface area contributed by atoms with Gasteiger partial charge in [0.25, 0.3) is 5.56 Å². The maximum absolute atomic E-state index is 13.6. The smallest absolute Gasteiger partial charge is 0.303 e. The Morgan fingerprint density at radius 3 is 1.95 bits per heavy atom. The van der Waals surface area contributed by atoms with Gasteiger partial charge in [0.2, 0.25) is 0 Å². The standard InChI is InChI=1S/C28H28N2O10S/c1-15(31)36-14-22-23(37-16(2)32)24(38-17(3)33)25(39-18(4)34)27(40-22)30-21-13-9-8-12-20(21)26(35)29(28(30)41)19-10-6-5-7-11-19/h5-13,22-25,27H,14H2,1-4H3/t22-,23+,24+,25+,27-/m1/s1. The molecule has 3 aromatic rings. The first-order chi connectivity index (χ1) is 19.5. The Bertz CT molecular complexity index is 1600. The molecule has 1 saturated heterocycles. The molecule has 0 spiro atoms. The third kappa shape index (κ3) is 6.36. The van der Waals surface area contributed by atoms with E-state index >= 15 is 0 Å². The third-order valence-electron chi connectivity index (χ3n) is 6.23. The number of esters is 4. The molecule has 13 heteroatoms. The van der Waals surface area contributed by atoms with Crippen LogP contribution in [0.2, 0.25) is 0 Å². The molecule has 2 aromatic carbocycles. The van der Waals surface area contributed by atoms with Gasteiger partial charge >= 0.3 is 23.9 Å². The maximum Gasteiger partial charge on any atom is 0.303 e. The summed E-state index contributed by atoms with van der Waals surface area (Å²) in [5.41, 5.74) is 0.391. The molecule has 1 fully saturated rings. The predicted molar refractivity (Wildman–Crippen MR) is 146 cm³/mol. The van der Waals surface area contributed by atoms with Crippen LogP contribution in [0.15, 0.2) is 59.4 Å². The minimum absolute atomic E-state index is 0.0270. The van der Waals surface area contributed by atoms with Crippen molar-refractivity contribution < 1.29 is 42.9 Å². The summed E-state index contributed by atoms with van der Waals surface area (Å²) in [6.07, 6.45) is -6.68. The van der Waals surface area contributed by atoms with Gasteiger partial charge in [-0.3, -0.25) is 33.1 Å². The van der Waals surface area contributed by atoms with Gasteiger partial charge in [0, 0.05) is 27.7 Å². The lowest BCUT2D eigenvalue weighted by atomic mass is 9.96. The third-order valence-corrected chi connectivity index (χ3v) is 6.61. The van der Waals surface area contributed by atoms with E-state index < -0.39 is 66.7 Å². The quantitative estimate of drug-likeness (QED) is 0.230. The van der Waals surface area contributed by atoms with E-state index in [0.29, 0.717) is 11.2 Å². The molecule has 1 aliphatic heterocycles. The van der Waals surface area contributed by atoms with Crippen LogP contribution in [0, 0.1) is 4.77 Å². The van der Waals surface area contributed by atoms with Crippen molar-refractivity contribution in [3.05, 3.63) is 69.7 Å². The molecule has 41 heavy (non-hydrogen) atoms. The largest absolute Gasteiger partial charge is 0.463 e. The molecule has 0 radical (unpaired) electrons. The number of carbonyl (C=O) groups is 4. The molecule has 1 aromatic heterocycles. The Morgan fingerprint density at radius 1 is 0.780 bits per heavy atom. The SMILES string of the molecule is CC(=O)OC[C@H]1O[C@@H](n2c(=S)n(-c3ccccc3)c(=O)c3ccccc32)[C@@H](OC(C)=O)[C@@H](OC(C)=O)[C@H]1OC(C)=O. The van der Waals surface area contributed by atoms with Gasteiger partial charge in [0.1, 0.15) is 12.7 Å².